The summed E-state index contributed by atoms with van der Waals surface area (Å²) >= 11 is 0. The second-order valence-corrected chi connectivity index (χ2v) is 4.94. The van der Waals surface area contributed by atoms with E-state index < -0.39 is 0 Å². The van der Waals surface area contributed by atoms with Crippen molar-refractivity contribution in [2.24, 2.45) is 0 Å². The molecule has 0 bridgehead atoms. The van der Waals surface area contributed by atoms with Gasteiger partial charge in [-0.15, -0.1) is 0 Å². The molecule has 0 saturated carbocycles. The molecule has 1 aromatic carbocycles. The lowest BCUT2D eigenvalue weighted by atomic mass is 9.86. The van der Waals surface area contributed by atoms with Crippen molar-refractivity contribution >= 4 is 5.69 Å². The number of benzene rings is 1. The van der Waals surface area contributed by atoms with Crippen LogP contribution >= 0.6 is 0 Å². The molecule has 0 amide bonds. The third kappa shape index (κ3) is 4.41. The molecule has 0 fully saturated rings. The number of para-hydroxylation sites is 1. The van der Waals surface area contributed by atoms with Gasteiger partial charge in [0.1, 0.15) is 0 Å². The van der Waals surface area contributed by atoms with Gasteiger partial charge in [0.05, 0.1) is 0 Å². The first-order valence-electron chi connectivity index (χ1n) is 7.09. The minimum atomic E-state index is 0.288. The maximum atomic E-state index is 3.75. The largest absolute Gasteiger partial charge is 0.380 e. The molecule has 1 aromatic rings. The molecule has 1 rings (SSSR count). The van der Waals surface area contributed by atoms with Crippen molar-refractivity contribution in [2.75, 3.05) is 5.32 Å². The zero-order chi connectivity index (χ0) is 12.6. The lowest BCUT2D eigenvalue weighted by Crippen LogP contribution is -2.36. The maximum absolute atomic E-state index is 3.75. The third-order valence-electron chi connectivity index (χ3n) is 3.80. The van der Waals surface area contributed by atoms with E-state index in [1.54, 1.807) is 0 Å². The average molecular weight is 233 g/mol. The summed E-state index contributed by atoms with van der Waals surface area (Å²) in [6, 6.07) is 10.6. The topological polar surface area (TPSA) is 12.0 Å². The Labute approximate surface area is 107 Å². The standard InChI is InChI=1S/C16H27N/c1-4-7-11-14-16(5-2,6-3)17-15-12-9-8-10-13-15/h8-10,12-13,17H,4-7,11,14H2,1-3H3. The number of nitrogens with one attached hydrogen (secondary N) is 1. The van der Waals surface area contributed by atoms with E-state index in [1.807, 2.05) is 0 Å². The Balaban J connectivity index is 2.63. The number of rotatable bonds is 8. The molecule has 0 aromatic heterocycles. The number of anilines is 1. The first-order chi connectivity index (χ1) is 8.26. The van der Waals surface area contributed by atoms with Crippen LogP contribution in [-0.2, 0) is 0 Å². The monoisotopic (exact) mass is 233 g/mol. The van der Waals surface area contributed by atoms with Crippen molar-refractivity contribution in [3.63, 3.8) is 0 Å². The Kier molecular flexibility index (Phi) is 6.10. The molecule has 0 atom stereocenters. The summed E-state index contributed by atoms with van der Waals surface area (Å²) < 4.78 is 0. The fraction of sp³-hybridized carbons (Fsp3) is 0.625. The molecule has 96 valence electrons. The minimum absolute atomic E-state index is 0.288. The molecular formula is C16H27N. The molecule has 0 heterocycles. The van der Waals surface area contributed by atoms with Crippen LogP contribution in [-0.4, -0.2) is 5.54 Å². The van der Waals surface area contributed by atoms with Gasteiger partial charge in [0.15, 0.2) is 0 Å². The van der Waals surface area contributed by atoms with E-state index in [0.717, 1.165) is 0 Å². The number of unbranched alkanes of at least 4 members (excludes halogenated alkanes) is 2. The van der Waals surface area contributed by atoms with Gasteiger partial charge in [0.25, 0.3) is 0 Å². The van der Waals surface area contributed by atoms with E-state index in [4.69, 9.17) is 0 Å². The van der Waals surface area contributed by atoms with Gasteiger partial charge in [-0.2, -0.15) is 0 Å². The van der Waals surface area contributed by atoms with Crippen molar-refractivity contribution in [3.05, 3.63) is 30.3 Å². The fourth-order valence-electron chi connectivity index (χ4n) is 2.38. The maximum Gasteiger partial charge on any atom is 0.0368 e. The highest BCUT2D eigenvalue weighted by Gasteiger charge is 2.24. The molecule has 0 radical (unpaired) electrons. The summed E-state index contributed by atoms with van der Waals surface area (Å²) in [6.07, 6.45) is 7.65. The highest BCUT2D eigenvalue weighted by Crippen LogP contribution is 2.27. The van der Waals surface area contributed by atoms with E-state index >= 15 is 0 Å². The molecule has 0 aliphatic rings. The fourth-order valence-corrected chi connectivity index (χ4v) is 2.38. The van der Waals surface area contributed by atoms with Crippen LogP contribution in [0, 0.1) is 0 Å². The van der Waals surface area contributed by atoms with Crippen LogP contribution in [0.2, 0.25) is 0 Å². The molecule has 0 unspecified atom stereocenters. The summed E-state index contributed by atoms with van der Waals surface area (Å²) in [6.45, 7) is 6.86. The zero-order valence-corrected chi connectivity index (χ0v) is 11.6. The molecular weight excluding hydrogens is 206 g/mol. The van der Waals surface area contributed by atoms with Crippen LogP contribution in [0.4, 0.5) is 5.69 Å². The Morgan fingerprint density at radius 1 is 0.941 bits per heavy atom. The Hall–Kier alpha value is -0.980. The number of hydrogen-bond donors (Lipinski definition) is 1. The highest BCUT2D eigenvalue weighted by molar-refractivity contribution is 5.45. The van der Waals surface area contributed by atoms with E-state index in [0.29, 0.717) is 0 Å². The van der Waals surface area contributed by atoms with Crippen molar-refractivity contribution in [1.82, 2.24) is 0 Å². The molecule has 1 N–H and O–H groups in total. The lowest BCUT2D eigenvalue weighted by Gasteiger charge is -2.34. The predicted molar refractivity (Wildman–Crippen MR) is 77.5 cm³/mol. The first kappa shape index (κ1) is 14.1. The van der Waals surface area contributed by atoms with Crippen LogP contribution in [0.3, 0.4) is 0 Å². The molecule has 0 aliphatic heterocycles. The van der Waals surface area contributed by atoms with E-state index in [2.05, 4.69) is 56.4 Å². The van der Waals surface area contributed by atoms with Crippen LogP contribution in [0.25, 0.3) is 0 Å². The molecule has 0 spiro atoms. The highest BCUT2D eigenvalue weighted by atomic mass is 15.0. The van der Waals surface area contributed by atoms with Gasteiger partial charge in [-0.05, 0) is 31.4 Å². The Morgan fingerprint density at radius 3 is 2.12 bits per heavy atom. The summed E-state index contributed by atoms with van der Waals surface area (Å²) in [5.41, 5.74) is 1.55. The van der Waals surface area contributed by atoms with Crippen LogP contribution in [0.1, 0.15) is 59.3 Å². The second-order valence-electron chi connectivity index (χ2n) is 4.94. The van der Waals surface area contributed by atoms with Gasteiger partial charge >= 0.3 is 0 Å². The van der Waals surface area contributed by atoms with Gasteiger partial charge in [0.2, 0.25) is 0 Å². The Bertz CT molecular complexity index is 288. The summed E-state index contributed by atoms with van der Waals surface area (Å²) in [5.74, 6) is 0. The van der Waals surface area contributed by atoms with Crippen molar-refractivity contribution < 1.29 is 0 Å². The zero-order valence-electron chi connectivity index (χ0n) is 11.6. The van der Waals surface area contributed by atoms with E-state index in [-0.39, 0.29) is 5.54 Å². The smallest absolute Gasteiger partial charge is 0.0368 e. The molecule has 17 heavy (non-hydrogen) atoms. The second kappa shape index (κ2) is 7.37. The SMILES string of the molecule is CCCCCC(CC)(CC)Nc1ccccc1. The molecule has 1 heteroatoms. The van der Waals surface area contributed by atoms with Crippen LogP contribution < -0.4 is 5.32 Å². The Morgan fingerprint density at radius 2 is 1.59 bits per heavy atom. The van der Waals surface area contributed by atoms with Crippen LogP contribution in [0.5, 0.6) is 0 Å². The van der Waals surface area contributed by atoms with Gasteiger partial charge < -0.3 is 5.32 Å². The van der Waals surface area contributed by atoms with Crippen molar-refractivity contribution in [2.45, 2.75) is 64.8 Å². The predicted octanol–water partition coefficient (Wildman–Crippen LogP) is 5.24. The first-order valence-corrected chi connectivity index (χ1v) is 7.09. The summed E-state index contributed by atoms with van der Waals surface area (Å²) in [5, 5.41) is 3.75. The molecule has 0 saturated heterocycles. The number of hydrogen-bond acceptors (Lipinski definition) is 1. The van der Waals surface area contributed by atoms with Crippen molar-refractivity contribution in [1.29, 1.82) is 0 Å². The molecule has 1 nitrogen and oxygen atoms in total. The molecule has 0 aliphatic carbocycles. The van der Waals surface area contributed by atoms with Gasteiger partial charge in [0, 0.05) is 11.2 Å². The lowest BCUT2D eigenvalue weighted by molar-refractivity contribution is 0.385. The van der Waals surface area contributed by atoms with Gasteiger partial charge in [-0.25, -0.2) is 0 Å². The van der Waals surface area contributed by atoms with Crippen molar-refractivity contribution in [3.8, 4) is 0 Å². The van der Waals surface area contributed by atoms with E-state index in [9.17, 15) is 0 Å². The minimum Gasteiger partial charge on any atom is -0.380 e. The third-order valence-corrected chi connectivity index (χ3v) is 3.80. The van der Waals surface area contributed by atoms with Crippen LogP contribution in [0.15, 0.2) is 30.3 Å². The average Bonchev–Trinajstić information content (AvgIpc) is 2.39. The van der Waals surface area contributed by atoms with Gasteiger partial charge in [-0.1, -0.05) is 58.2 Å². The quantitative estimate of drug-likeness (QED) is 0.606. The van der Waals surface area contributed by atoms with E-state index in [1.165, 1.54) is 44.2 Å². The summed E-state index contributed by atoms with van der Waals surface area (Å²) in [7, 11) is 0. The van der Waals surface area contributed by atoms with Gasteiger partial charge in [-0.3, -0.25) is 0 Å². The summed E-state index contributed by atoms with van der Waals surface area (Å²) in [4.78, 5) is 0. The normalized spacial score (nSPS) is 11.5.